The Kier molecular flexibility index (Phi) is 7.06. The highest BCUT2D eigenvalue weighted by molar-refractivity contribution is 7.18. The van der Waals surface area contributed by atoms with E-state index < -0.39 is 0 Å². The van der Waals surface area contributed by atoms with E-state index in [9.17, 15) is 4.79 Å². The molecular formula is C15H21Cl2N3OS. The zero-order valence-electron chi connectivity index (χ0n) is 12.4. The molecule has 2 atom stereocenters. The van der Waals surface area contributed by atoms with Crippen molar-refractivity contribution in [1.82, 2.24) is 9.88 Å². The first kappa shape index (κ1) is 19.2. The monoisotopic (exact) mass is 361 g/mol. The normalized spacial score (nSPS) is 20.3. The van der Waals surface area contributed by atoms with Crippen LogP contribution in [-0.4, -0.2) is 28.9 Å². The fourth-order valence-electron chi connectivity index (χ4n) is 2.82. The molecule has 7 heteroatoms. The van der Waals surface area contributed by atoms with Crippen LogP contribution in [0.1, 0.15) is 24.3 Å². The maximum Gasteiger partial charge on any atom is 0.225 e. The lowest BCUT2D eigenvalue weighted by Crippen LogP contribution is -2.32. The molecule has 0 bridgehead atoms. The highest BCUT2D eigenvalue weighted by Crippen LogP contribution is 2.27. The summed E-state index contributed by atoms with van der Waals surface area (Å²) in [5.41, 5.74) is 6.90. The largest absolute Gasteiger partial charge is 0.339 e. The second kappa shape index (κ2) is 8.11. The second-order valence-electron chi connectivity index (χ2n) is 5.54. The Morgan fingerprint density at radius 1 is 1.36 bits per heavy atom. The van der Waals surface area contributed by atoms with Crippen LogP contribution in [0.15, 0.2) is 24.3 Å². The maximum atomic E-state index is 12.4. The van der Waals surface area contributed by atoms with Crippen molar-refractivity contribution in [3.8, 4) is 0 Å². The van der Waals surface area contributed by atoms with Crippen LogP contribution in [-0.2, 0) is 11.3 Å². The van der Waals surface area contributed by atoms with Crippen molar-refractivity contribution >= 4 is 52.3 Å². The van der Waals surface area contributed by atoms with Gasteiger partial charge in [0, 0.05) is 19.0 Å². The molecule has 22 heavy (non-hydrogen) atoms. The average Bonchev–Trinajstić information content (AvgIpc) is 3.03. The Bertz CT molecular complexity index is 601. The van der Waals surface area contributed by atoms with Gasteiger partial charge in [0.1, 0.15) is 5.01 Å². The number of rotatable bonds is 3. The molecule has 1 aromatic heterocycles. The molecule has 3 rings (SSSR count). The molecule has 122 valence electrons. The van der Waals surface area contributed by atoms with E-state index in [0.717, 1.165) is 29.8 Å². The molecule has 1 amide bonds. The molecular weight excluding hydrogens is 341 g/mol. The van der Waals surface area contributed by atoms with Crippen LogP contribution in [0.3, 0.4) is 0 Å². The summed E-state index contributed by atoms with van der Waals surface area (Å²) in [6, 6.07) is 8.26. The van der Waals surface area contributed by atoms with Crippen LogP contribution in [0.25, 0.3) is 10.2 Å². The van der Waals surface area contributed by atoms with E-state index in [1.165, 1.54) is 4.70 Å². The SMILES string of the molecule is CN(Cc1nc2ccccc2s1)C(=O)C1CCC(N)C1.Cl.Cl. The highest BCUT2D eigenvalue weighted by Gasteiger charge is 2.29. The minimum Gasteiger partial charge on any atom is -0.339 e. The molecule has 4 nitrogen and oxygen atoms in total. The Hall–Kier alpha value is -0.880. The van der Waals surface area contributed by atoms with Gasteiger partial charge in [-0.05, 0) is 31.4 Å². The van der Waals surface area contributed by atoms with E-state index in [1.54, 1.807) is 16.2 Å². The summed E-state index contributed by atoms with van der Waals surface area (Å²) in [5, 5.41) is 0.990. The van der Waals surface area contributed by atoms with Crippen LogP contribution in [0.4, 0.5) is 0 Å². The van der Waals surface area contributed by atoms with Gasteiger partial charge in [-0.2, -0.15) is 0 Å². The number of amides is 1. The van der Waals surface area contributed by atoms with Gasteiger partial charge in [0.25, 0.3) is 0 Å². The molecule has 2 N–H and O–H groups in total. The molecule has 0 saturated heterocycles. The maximum absolute atomic E-state index is 12.4. The first-order chi connectivity index (χ1) is 9.63. The Morgan fingerprint density at radius 2 is 2.09 bits per heavy atom. The van der Waals surface area contributed by atoms with Gasteiger partial charge >= 0.3 is 0 Å². The number of benzene rings is 1. The van der Waals surface area contributed by atoms with E-state index in [2.05, 4.69) is 11.1 Å². The van der Waals surface area contributed by atoms with Gasteiger partial charge in [-0.25, -0.2) is 4.98 Å². The van der Waals surface area contributed by atoms with E-state index in [1.807, 2.05) is 25.2 Å². The summed E-state index contributed by atoms with van der Waals surface area (Å²) >= 11 is 1.66. The Balaban J connectivity index is 0.00000121. The first-order valence-electron chi connectivity index (χ1n) is 6.98. The molecule has 1 fully saturated rings. The van der Waals surface area contributed by atoms with Gasteiger partial charge in [0.2, 0.25) is 5.91 Å². The molecule has 2 unspecified atom stereocenters. The van der Waals surface area contributed by atoms with Crippen molar-refractivity contribution in [3.05, 3.63) is 29.3 Å². The van der Waals surface area contributed by atoms with Gasteiger partial charge < -0.3 is 10.6 Å². The third-order valence-corrected chi connectivity index (χ3v) is 4.93. The molecule has 0 radical (unpaired) electrons. The molecule has 1 heterocycles. The molecule has 1 aliphatic carbocycles. The van der Waals surface area contributed by atoms with E-state index in [-0.39, 0.29) is 42.7 Å². The van der Waals surface area contributed by atoms with Crippen molar-refractivity contribution in [2.45, 2.75) is 31.8 Å². The number of fused-ring (bicyclic) bond motifs is 1. The van der Waals surface area contributed by atoms with Crippen LogP contribution in [0.5, 0.6) is 0 Å². The fraction of sp³-hybridized carbons (Fsp3) is 0.467. The summed E-state index contributed by atoms with van der Waals surface area (Å²) in [6.07, 6.45) is 2.71. The molecule has 2 aromatic rings. The number of thiazole rings is 1. The van der Waals surface area contributed by atoms with E-state index in [0.29, 0.717) is 6.54 Å². The summed E-state index contributed by atoms with van der Waals surface area (Å²) in [6.45, 7) is 0.587. The predicted octanol–water partition coefficient (Wildman–Crippen LogP) is 3.23. The minimum absolute atomic E-state index is 0. The van der Waals surface area contributed by atoms with Crippen LogP contribution < -0.4 is 5.73 Å². The summed E-state index contributed by atoms with van der Waals surface area (Å²) < 4.78 is 1.17. The van der Waals surface area contributed by atoms with Gasteiger partial charge in [-0.1, -0.05) is 12.1 Å². The topological polar surface area (TPSA) is 59.2 Å². The first-order valence-corrected chi connectivity index (χ1v) is 7.80. The van der Waals surface area contributed by atoms with E-state index in [4.69, 9.17) is 5.73 Å². The van der Waals surface area contributed by atoms with Gasteiger partial charge in [0.05, 0.1) is 16.8 Å². The summed E-state index contributed by atoms with van der Waals surface area (Å²) in [7, 11) is 1.86. The van der Waals surface area contributed by atoms with Crippen molar-refractivity contribution in [2.24, 2.45) is 11.7 Å². The number of carbonyl (C=O) groups excluding carboxylic acids is 1. The third kappa shape index (κ3) is 4.10. The van der Waals surface area contributed by atoms with Crippen molar-refractivity contribution in [3.63, 3.8) is 0 Å². The number of hydrogen-bond donors (Lipinski definition) is 1. The molecule has 0 aliphatic heterocycles. The van der Waals surface area contributed by atoms with Gasteiger partial charge in [-0.3, -0.25) is 4.79 Å². The number of nitrogens with zero attached hydrogens (tertiary/aromatic N) is 2. The molecule has 1 aromatic carbocycles. The van der Waals surface area contributed by atoms with Gasteiger partial charge in [0.15, 0.2) is 0 Å². The fourth-order valence-corrected chi connectivity index (χ4v) is 3.84. The van der Waals surface area contributed by atoms with Crippen molar-refractivity contribution in [2.75, 3.05) is 7.05 Å². The summed E-state index contributed by atoms with van der Waals surface area (Å²) in [4.78, 5) is 18.7. The number of nitrogens with two attached hydrogens (primary N) is 1. The Labute approximate surface area is 146 Å². The zero-order chi connectivity index (χ0) is 14.1. The smallest absolute Gasteiger partial charge is 0.225 e. The number of para-hydroxylation sites is 1. The average molecular weight is 362 g/mol. The lowest BCUT2D eigenvalue weighted by atomic mass is 10.1. The van der Waals surface area contributed by atoms with Crippen LogP contribution in [0, 0.1) is 5.92 Å². The highest BCUT2D eigenvalue weighted by atomic mass is 35.5. The zero-order valence-corrected chi connectivity index (χ0v) is 14.8. The van der Waals surface area contributed by atoms with Crippen LogP contribution in [0.2, 0.25) is 0 Å². The number of halogens is 2. The lowest BCUT2D eigenvalue weighted by molar-refractivity contribution is -0.134. The number of aromatic nitrogens is 1. The number of carbonyl (C=O) groups is 1. The van der Waals surface area contributed by atoms with Gasteiger partial charge in [-0.15, -0.1) is 36.2 Å². The quantitative estimate of drug-likeness (QED) is 0.912. The van der Waals surface area contributed by atoms with E-state index >= 15 is 0 Å². The van der Waals surface area contributed by atoms with Crippen molar-refractivity contribution < 1.29 is 4.79 Å². The molecule has 0 spiro atoms. The second-order valence-corrected chi connectivity index (χ2v) is 6.65. The minimum atomic E-state index is 0. The molecule has 1 aliphatic rings. The standard InChI is InChI=1S/C15H19N3OS.2ClH/c1-18(15(19)10-6-7-11(16)8-10)9-14-17-12-4-2-3-5-13(12)20-14;;/h2-5,10-11H,6-9,16H2,1H3;2*1H. The molecule has 1 saturated carbocycles. The Morgan fingerprint density at radius 3 is 2.73 bits per heavy atom. The summed E-state index contributed by atoms with van der Waals surface area (Å²) in [5.74, 6) is 0.307. The van der Waals surface area contributed by atoms with Crippen molar-refractivity contribution in [1.29, 1.82) is 0 Å². The lowest BCUT2D eigenvalue weighted by Gasteiger charge is -2.19. The third-order valence-electron chi connectivity index (χ3n) is 3.91. The van der Waals surface area contributed by atoms with Crippen LogP contribution >= 0.6 is 36.2 Å². The number of hydrogen-bond acceptors (Lipinski definition) is 4. The predicted molar refractivity (Wildman–Crippen MR) is 95.9 cm³/mol.